The highest BCUT2D eigenvalue weighted by Crippen LogP contribution is 2.43. The van der Waals surface area contributed by atoms with Crippen LogP contribution in [-0.4, -0.2) is 29.4 Å². The van der Waals surface area contributed by atoms with Crippen molar-refractivity contribution in [2.75, 3.05) is 18.2 Å². The molecule has 0 spiro atoms. The van der Waals surface area contributed by atoms with Gasteiger partial charge in [0.25, 0.3) is 11.8 Å². The van der Waals surface area contributed by atoms with Gasteiger partial charge in [-0.05, 0) is 55.5 Å². The summed E-state index contributed by atoms with van der Waals surface area (Å²) in [6, 6.07) is 19.1. The number of carbonyl (C=O) groups is 1. The van der Waals surface area contributed by atoms with Gasteiger partial charge in [-0.1, -0.05) is 29.1 Å². The van der Waals surface area contributed by atoms with Gasteiger partial charge in [0.15, 0.2) is 11.5 Å². The maximum Gasteiger partial charge on any atom is 0.259 e. The first kappa shape index (κ1) is 18.9. The molecule has 0 bridgehead atoms. The summed E-state index contributed by atoms with van der Waals surface area (Å²) in [4.78, 5) is 21.4. The minimum absolute atomic E-state index is 0.00626. The highest BCUT2D eigenvalue weighted by atomic mass is 32.2. The van der Waals surface area contributed by atoms with Gasteiger partial charge in [0.2, 0.25) is 12.6 Å². The zero-order chi connectivity index (χ0) is 21.7. The molecule has 158 valence electrons. The molecule has 0 saturated carbocycles. The van der Waals surface area contributed by atoms with E-state index in [9.17, 15) is 4.79 Å². The first-order valence-corrected chi connectivity index (χ1v) is 11.0. The van der Waals surface area contributed by atoms with Crippen molar-refractivity contribution in [2.45, 2.75) is 16.7 Å². The third kappa shape index (κ3) is 3.03. The summed E-state index contributed by atoms with van der Waals surface area (Å²) in [6.45, 7) is 2.77. The topological polar surface area (TPSA) is 77.7 Å². The van der Waals surface area contributed by atoms with Crippen LogP contribution >= 0.6 is 11.8 Å². The van der Waals surface area contributed by atoms with Crippen LogP contribution in [0.25, 0.3) is 22.8 Å². The Kier molecular flexibility index (Phi) is 4.39. The average Bonchev–Trinajstić information content (AvgIpc) is 3.47. The van der Waals surface area contributed by atoms with Crippen molar-refractivity contribution in [3.05, 3.63) is 66.2 Å². The maximum atomic E-state index is 13.1. The van der Waals surface area contributed by atoms with Crippen molar-refractivity contribution < 1.29 is 18.8 Å². The Morgan fingerprint density at radius 3 is 2.72 bits per heavy atom. The van der Waals surface area contributed by atoms with Gasteiger partial charge in [0.1, 0.15) is 0 Å². The van der Waals surface area contributed by atoms with Crippen LogP contribution in [0, 0.1) is 0 Å². The van der Waals surface area contributed by atoms with Gasteiger partial charge in [0, 0.05) is 27.5 Å². The SMILES string of the molecule is CCN1C(=O)c2ccccc2Sc2cc(-c3noc(-c4ccc5c(c4)OCO5)n3)ccc21. The van der Waals surface area contributed by atoms with Gasteiger partial charge in [0.05, 0.1) is 11.3 Å². The molecule has 0 aliphatic carbocycles. The van der Waals surface area contributed by atoms with Gasteiger partial charge in [-0.2, -0.15) is 4.98 Å². The first-order valence-electron chi connectivity index (χ1n) is 10.2. The molecule has 8 heteroatoms. The largest absolute Gasteiger partial charge is 0.454 e. The fraction of sp³-hybridized carbons (Fsp3) is 0.125. The molecule has 2 aliphatic rings. The van der Waals surface area contributed by atoms with E-state index in [1.54, 1.807) is 16.7 Å². The molecule has 32 heavy (non-hydrogen) atoms. The van der Waals surface area contributed by atoms with Crippen molar-refractivity contribution in [3.8, 4) is 34.3 Å². The highest BCUT2D eigenvalue weighted by molar-refractivity contribution is 7.99. The molecule has 3 aromatic carbocycles. The molecule has 0 unspecified atom stereocenters. The lowest BCUT2D eigenvalue weighted by Gasteiger charge is -2.21. The molecule has 7 nitrogen and oxygen atoms in total. The summed E-state index contributed by atoms with van der Waals surface area (Å²) in [5.74, 6) is 2.24. The highest BCUT2D eigenvalue weighted by Gasteiger charge is 2.27. The second kappa shape index (κ2) is 7.42. The van der Waals surface area contributed by atoms with E-state index in [0.29, 0.717) is 35.3 Å². The average molecular weight is 443 g/mol. The summed E-state index contributed by atoms with van der Waals surface area (Å²) in [5.41, 5.74) is 3.16. The lowest BCUT2D eigenvalue weighted by molar-refractivity contribution is 0.0985. The summed E-state index contributed by atoms with van der Waals surface area (Å²) < 4.78 is 16.3. The molecule has 6 rings (SSSR count). The second-order valence-corrected chi connectivity index (χ2v) is 8.41. The van der Waals surface area contributed by atoms with Crippen LogP contribution in [-0.2, 0) is 0 Å². The van der Waals surface area contributed by atoms with E-state index in [0.717, 1.165) is 26.6 Å². The Balaban J connectivity index is 1.38. The number of carbonyl (C=O) groups excluding carboxylic acids is 1. The molecule has 1 amide bonds. The Bertz CT molecular complexity index is 1370. The van der Waals surface area contributed by atoms with Crippen molar-refractivity contribution in [1.82, 2.24) is 10.1 Å². The number of rotatable bonds is 3. The first-order chi connectivity index (χ1) is 15.7. The van der Waals surface area contributed by atoms with Crippen LogP contribution in [0.4, 0.5) is 5.69 Å². The summed E-state index contributed by atoms with van der Waals surface area (Å²) in [7, 11) is 0. The lowest BCUT2D eigenvalue weighted by Crippen LogP contribution is -2.30. The molecule has 0 fully saturated rings. The van der Waals surface area contributed by atoms with Crippen LogP contribution in [0.5, 0.6) is 11.5 Å². The number of hydrogen-bond acceptors (Lipinski definition) is 7. The van der Waals surface area contributed by atoms with Gasteiger partial charge >= 0.3 is 0 Å². The number of aromatic nitrogens is 2. The maximum absolute atomic E-state index is 13.1. The van der Waals surface area contributed by atoms with Crippen LogP contribution in [0.1, 0.15) is 17.3 Å². The van der Waals surface area contributed by atoms with Gasteiger partial charge in [-0.25, -0.2) is 0 Å². The van der Waals surface area contributed by atoms with Crippen LogP contribution in [0.3, 0.4) is 0 Å². The molecule has 0 N–H and O–H groups in total. The fourth-order valence-electron chi connectivity index (χ4n) is 3.87. The van der Waals surface area contributed by atoms with Crippen molar-refractivity contribution in [2.24, 2.45) is 0 Å². The van der Waals surface area contributed by atoms with E-state index in [4.69, 9.17) is 14.0 Å². The van der Waals surface area contributed by atoms with Crippen molar-refractivity contribution in [3.63, 3.8) is 0 Å². The predicted octanol–water partition coefficient (Wildman–Crippen LogP) is 5.26. The normalized spacial score (nSPS) is 14.2. The van der Waals surface area contributed by atoms with Gasteiger partial charge < -0.3 is 18.9 Å². The van der Waals surface area contributed by atoms with Crippen molar-refractivity contribution >= 4 is 23.4 Å². The van der Waals surface area contributed by atoms with Gasteiger partial charge in [-0.3, -0.25) is 4.79 Å². The van der Waals surface area contributed by atoms with E-state index >= 15 is 0 Å². The van der Waals surface area contributed by atoms with E-state index in [1.807, 2.05) is 67.6 Å². The second-order valence-electron chi connectivity index (χ2n) is 7.32. The third-order valence-electron chi connectivity index (χ3n) is 5.45. The summed E-state index contributed by atoms with van der Waals surface area (Å²) in [6.07, 6.45) is 0. The molecule has 0 radical (unpaired) electrons. The number of fused-ring (bicyclic) bond motifs is 3. The molecule has 2 aliphatic heterocycles. The molecule has 1 aromatic heterocycles. The van der Waals surface area contributed by atoms with E-state index in [-0.39, 0.29) is 12.7 Å². The lowest BCUT2D eigenvalue weighted by atomic mass is 10.1. The number of hydrogen-bond donors (Lipinski definition) is 0. The Morgan fingerprint density at radius 1 is 0.969 bits per heavy atom. The fourth-order valence-corrected chi connectivity index (χ4v) is 4.98. The number of anilines is 1. The number of ether oxygens (including phenoxy) is 2. The number of amides is 1. The monoisotopic (exact) mass is 443 g/mol. The Morgan fingerprint density at radius 2 is 1.81 bits per heavy atom. The summed E-state index contributed by atoms with van der Waals surface area (Å²) >= 11 is 1.57. The number of nitrogens with zero attached hydrogens (tertiary/aromatic N) is 3. The van der Waals surface area contributed by atoms with E-state index in [2.05, 4.69) is 10.1 Å². The summed E-state index contributed by atoms with van der Waals surface area (Å²) in [5, 5.41) is 4.18. The quantitative estimate of drug-likeness (QED) is 0.427. The van der Waals surface area contributed by atoms with E-state index in [1.165, 1.54) is 0 Å². The zero-order valence-electron chi connectivity index (χ0n) is 17.1. The number of benzene rings is 3. The Hall–Kier alpha value is -3.78. The van der Waals surface area contributed by atoms with Crippen molar-refractivity contribution in [1.29, 1.82) is 0 Å². The molecule has 3 heterocycles. The minimum Gasteiger partial charge on any atom is -0.454 e. The predicted molar refractivity (Wildman–Crippen MR) is 119 cm³/mol. The smallest absolute Gasteiger partial charge is 0.259 e. The van der Waals surface area contributed by atoms with E-state index < -0.39 is 0 Å². The molecule has 0 atom stereocenters. The van der Waals surface area contributed by atoms with Crippen LogP contribution < -0.4 is 14.4 Å². The Labute approximate surface area is 188 Å². The molecule has 0 saturated heterocycles. The minimum atomic E-state index is 0.00626. The van der Waals surface area contributed by atoms with Gasteiger partial charge in [-0.15, -0.1) is 0 Å². The molecular weight excluding hydrogens is 426 g/mol. The standard InChI is InChI=1S/C24H17N3O4S/c1-2-27-17-9-7-14(12-21(17)32-20-6-4-3-5-16(20)24(27)28)22-25-23(31-26-22)15-8-10-18-19(11-15)30-13-29-18/h3-12H,2,13H2,1H3. The molecular formula is C24H17N3O4S. The van der Waals surface area contributed by atoms with Crippen LogP contribution in [0.2, 0.25) is 0 Å². The zero-order valence-corrected chi connectivity index (χ0v) is 17.9. The molecule has 4 aromatic rings. The van der Waals surface area contributed by atoms with Crippen LogP contribution in [0.15, 0.2) is 75.0 Å². The third-order valence-corrected chi connectivity index (χ3v) is 6.58.